The number of hydrogen-bond acceptors (Lipinski definition) is 4. The van der Waals surface area contributed by atoms with Crippen molar-refractivity contribution in [2.24, 2.45) is 0 Å². The molecule has 0 aliphatic rings. The number of rotatable bonds is 6. The van der Waals surface area contributed by atoms with E-state index in [2.05, 4.69) is 10.4 Å². The topological polar surface area (TPSA) is 65.4 Å². The monoisotopic (exact) mass is 303 g/mol. The van der Waals surface area contributed by atoms with Crippen LogP contribution in [0.3, 0.4) is 0 Å². The zero-order valence-electron chi connectivity index (χ0n) is 13.3. The molecule has 0 fully saturated rings. The van der Waals surface area contributed by atoms with Crippen molar-refractivity contribution in [2.75, 3.05) is 14.2 Å². The van der Waals surface area contributed by atoms with Crippen LogP contribution in [0.25, 0.3) is 0 Å². The van der Waals surface area contributed by atoms with E-state index in [0.29, 0.717) is 23.6 Å². The first-order chi connectivity index (χ1) is 10.6. The third kappa shape index (κ3) is 3.21. The van der Waals surface area contributed by atoms with Gasteiger partial charge in [-0.2, -0.15) is 5.10 Å². The Bertz CT molecular complexity index is 665. The Morgan fingerprint density at radius 1 is 1.27 bits per heavy atom. The molecule has 1 aromatic heterocycles. The summed E-state index contributed by atoms with van der Waals surface area (Å²) in [6.45, 7) is 5.04. The van der Waals surface area contributed by atoms with Crippen LogP contribution in [0.5, 0.6) is 11.5 Å². The summed E-state index contributed by atoms with van der Waals surface area (Å²) in [5.74, 6) is 1.17. The summed E-state index contributed by atoms with van der Waals surface area (Å²) < 4.78 is 12.2. The zero-order valence-corrected chi connectivity index (χ0v) is 13.3. The lowest BCUT2D eigenvalue weighted by molar-refractivity contribution is 0.0950. The van der Waals surface area contributed by atoms with Crippen LogP contribution in [0.15, 0.2) is 24.4 Å². The van der Waals surface area contributed by atoms with E-state index in [1.165, 1.54) is 0 Å². The lowest BCUT2D eigenvalue weighted by Crippen LogP contribution is -2.23. The smallest absolute Gasteiger partial charge is 0.255 e. The molecule has 0 atom stereocenters. The molecule has 0 aliphatic carbocycles. The van der Waals surface area contributed by atoms with Gasteiger partial charge < -0.3 is 14.8 Å². The molecule has 1 amide bonds. The lowest BCUT2D eigenvalue weighted by atomic mass is 10.2. The summed E-state index contributed by atoms with van der Waals surface area (Å²) in [6, 6.07) is 5.56. The summed E-state index contributed by atoms with van der Waals surface area (Å²) >= 11 is 0. The van der Waals surface area contributed by atoms with Gasteiger partial charge in [-0.3, -0.25) is 9.48 Å². The van der Waals surface area contributed by atoms with Gasteiger partial charge in [-0.15, -0.1) is 0 Å². The third-order valence-electron chi connectivity index (χ3n) is 3.55. The largest absolute Gasteiger partial charge is 0.493 e. The maximum absolute atomic E-state index is 12.2. The van der Waals surface area contributed by atoms with Crippen LogP contribution in [0, 0.1) is 6.92 Å². The number of carbonyl (C=O) groups excluding carboxylic acids is 1. The number of methoxy groups -OCH3 is 2. The molecular formula is C16H21N3O3. The summed E-state index contributed by atoms with van der Waals surface area (Å²) in [5.41, 5.74) is 2.40. The quantitative estimate of drug-likeness (QED) is 0.888. The van der Waals surface area contributed by atoms with Gasteiger partial charge in [0.25, 0.3) is 5.91 Å². The van der Waals surface area contributed by atoms with Gasteiger partial charge in [-0.25, -0.2) is 0 Å². The summed E-state index contributed by atoms with van der Waals surface area (Å²) in [5, 5.41) is 7.07. The Hall–Kier alpha value is -2.50. The van der Waals surface area contributed by atoms with E-state index in [0.717, 1.165) is 17.8 Å². The van der Waals surface area contributed by atoms with Gasteiger partial charge in [0.05, 0.1) is 26.0 Å². The molecule has 0 radical (unpaired) electrons. The molecule has 118 valence electrons. The molecule has 2 rings (SSSR count). The van der Waals surface area contributed by atoms with Crippen LogP contribution in [0.1, 0.15) is 28.5 Å². The third-order valence-corrected chi connectivity index (χ3v) is 3.55. The highest BCUT2D eigenvalue weighted by molar-refractivity contribution is 5.94. The number of ether oxygens (including phenoxy) is 2. The van der Waals surface area contributed by atoms with Gasteiger partial charge >= 0.3 is 0 Å². The van der Waals surface area contributed by atoms with Gasteiger partial charge in [0.15, 0.2) is 11.5 Å². The van der Waals surface area contributed by atoms with E-state index in [9.17, 15) is 4.79 Å². The Balaban J connectivity index is 2.06. The van der Waals surface area contributed by atoms with Gasteiger partial charge in [-0.05, 0) is 31.5 Å². The highest BCUT2D eigenvalue weighted by Crippen LogP contribution is 2.27. The van der Waals surface area contributed by atoms with Crippen LogP contribution >= 0.6 is 0 Å². The fraction of sp³-hybridized carbons (Fsp3) is 0.375. The van der Waals surface area contributed by atoms with Gasteiger partial charge in [0, 0.05) is 18.8 Å². The predicted octanol–water partition coefficient (Wildman–Crippen LogP) is 2.16. The van der Waals surface area contributed by atoms with E-state index in [1.807, 2.05) is 32.0 Å². The molecule has 22 heavy (non-hydrogen) atoms. The van der Waals surface area contributed by atoms with Gasteiger partial charge in [0.1, 0.15) is 0 Å². The highest BCUT2D eigenvalue weighted by Gasteiger charge is 2.13. The van der Waals surface area contributed by atoms with E-state index >= 15 is 0 Å². The second-order valence-electron chi connectivity index (χ2n) is 4.83. The zero-order chi connectivity index (χ0) is 16.1. The average molecular weight is 303 g/mol. The molecule has 1 N–H and O–H groups in total. The van der Waals surface area contributed by atoms with Crippen molar-refractivity contribution in [2.45, 2.75) is 26.9 Å². The van der Waals surface area contributed by atoms with Crippen LogP contribution in [-0.4, -0.2) is 29.9 Å². The molecule has 2 aromatic rings. The van der Waals surface area contributed by atoms with E-state index in [1.54, 1.807) is 25.1 Å². The fourth-order valence-corrected chi connectivity index (χ4v) is 2.26. The van der Waals surface area contributed by atoms with Crippen molar-refractivity contribution in [3.8, 4) is 11.5 Å². The minimum atomic E-state index is -0.132. The summed E-state index contributed by atoms with van der Waals surface area (Å²) in [6.07, 6.45) is 1.60. The average Bonchev–Trinajstić information content (AvgIpc) is 2.93. The fourth-order valence-electron chi connectivity index (χ4n) is 2.26. The number of carbonyl (C=O) groups is 1. The first kappa shape index (κ1) is 15.9. The van der Waals surface area contributed by atoms with Gasteiger partial charge in [0.2, 0.25) is 0 Å². The number of nitrogens with one attached hydrogen (secondary N) is 1. The molecule has 1 heterocycles. The summed E-state index contributed by atoms with van der Waals surface area (Å²) in [7, 11) is 3.18. The predicted molar refractivity (Wildman–Crippen MR) is 83.4 cm³/mol. The van der Waals surface area contributed by atoms with Crippen molar-refractivity contribution in [3.05, 3.63) is 41.2 Å². The number of amides is 1. The Morgan fingerprint density at radius 3 is 2.59 bits per heavy atom. The molecule has 0 saturated heterocycles. The first-order valence-electron chi connectivity index (χ1n) is 7.12. The number of aryl methyl sites for hydroxylation is 1. The maximum Gasteiger partial charge on any atom is 0.255 e. The summed E-state index contributed by atoms with van der Waals surface area (Å²) in [4.78, 5) is 12.2. The highest BCUT2D eigenvalue weighted by atomic mass is 16.5. The van der Waals surface area contributed by atoms with Crippen LogP contribution in [-0.2, 0) is 13.1 Å². The van der Waals surface area contributed by atoms with Crippen LogP contribution in [0.2, 0.25) is 0 Å². The van der Waals surface area contributed by atoms with Crippen molar-refractivity contribution < 1.29 is 14.3 Å². The lowest BCUT2D eigenvalue weighted by Gasteiger charge is -2.10. The van der Waals surface area contributed by atoms with Crippen molar-refractivity contribution in [1.29, 1.82) is 0 Å². The van der Waals surface area contributed by atoms with Crippen LogP contribution in [0.4, 0.5) is 0 Å². The second kappa shape index (κ2) is 6.98. The first-order valence-corrected chi connectivity index (χ1v) is 7.12. The molecule has 0 spiro atoms. The van der Waals surface area contributed by atoms with E-state index < -0.39 is 0 Å². The maximum atomic E-state index is 12.2. The number of nitrogens with zero attached hydrogens (tertiary/aromatic N) is 2. The molecule has 0 saturated carbocycles. The van der Waals surface area contributed by atoms with Crippen molar-refractivity contribution in [3.63, 3.8) is 0 Å². The molecule has 6 heteroatoms. The second-order valence-corrected chi connectivity index (χ2v) is 4.83. The molecule has 0 aliphatic heterocycles. The molecule has 0 unspecified atom stereocenters. The Kier molecular flexibility index (Phi) is 5.04. The number of aromatic nitrogens is 2. The minimum absolute atomic E-state index is 0.132. The Morgan fingerprint density at radius 2 is 2.00 bits per heavy atom. The van der Waals surface area contributed by atoms with Crippen molar-refractivity contribution >= 4 is 5.91 Å². The van der Waals surface area contributed by atoms with E-state index in [4.69, 9.17) is 9.47 Å². The van der Waals surface area contributed by atoms with Gasteiger partial charge in [-0.1, -0.05) is 6.07 Å². The minimum Gasteiger partial charge on any atom is -0.493 e. The van der Waals surface area contributed by atoms with Crippen molar-refractivity contribution in [1.82, 2.24) is 15.1 Å². The molecule has 1 aromatic carbocycles. The Labute approximate surface area is 130 Å². The standard InChI is InChI=1S/C16H21N3O3/c1-5-19-11(2)13(10-18-19)16(20)17-9-12-6-7-14(21-3)15(8-12)22-4/h6-8,10H,5,9H2,1-4H3,(H,17,20). The molecule has 6 nitrogen and oxygen atoms in total. The molecular weight excluding hydrogens is 282 g/mol. The molecule has 0 bridgehead atoms. The van der Waals surface area contributed by atoms with Crippen LogP contribution < -0.4 is 14.8 Å². The number of hydrogen-bond donors (Lipinski definition) is 1. The SMILES string of the molecule is CCn1ncc(C(=O)NCc2ccc(OC)c(OC)c2)c1C. The normalized spacial score (nSPS) is 10.4. The number of benzene rings is 1. The van der Waals surface area contributed by atoms with E-state index in [-0.39, 0.29) is 5.91 Å².